The Morgan fingerprint density at radius 3 is 2.78 bits per heavy atom. The number of aryl methyl sites for hydroxylation is 1. The van der Waals surface area contributed by atoms with Gasteiger partial charge in [-0.25, -0.2) is 0 Å². The number of hydrogen-bond acceptors (Lipinski definition) is 4. The van der Waals surface area contributed by atoms with Gasteiger partial charge in [-0.1, -0.05) is 12.1 Å². The van der Waals surface area contributed by atoms with Crippen LogP contribution in [-0.4, -0.2) is 33.0 Å². The minimum Gasteiger partial charge on any atom is -0.344 e. The van der Waals surface area contributed by atoms with E-state index < -0.39 is 0 Å². The van der Waals surface area contributed by atoms with Crippen molar-refractivity contribution < 1.29 is 4.79 Å². The third-order valence-corrected chi connectivity index (χ3v) is 3.84. The maximum atomic E-state index is 12.1. The first-order valence-corrected chi connectivity index (χ1v) is 6.43. The SMILES string of the molecule is CC1CCC(CN)(NC(=O)c2cn(C)nn2)CC1. The maximum absolute atomic E-state index is 12.1. The molecule has 1 saturated carbocycles. The first-order valence-electron chi connectivity index (χ1n) is 6.43. The molecular weight excluding hydrogens is 230 g/mol. The average Bonchev–Trinajstić information content (AvgIpc) is 2.79. The Hall–Kier alpha value is -1.43. The largest absolute Gasteiger partial charge is 0.344 e. The van der Waals surface area contributed by atoms with E-state index in [-0.39, 0.29) is 11.4 Å². The molecule has 6 heteroatoms. The first-order chi connectivity index (χ1) is 8.54. The quantitative estimate of drug-likeness (QED) is 0.817. The lowest BCUT2D eigenvalue weighted by atomic mass is 9.77. The van der Waals surface area contributed by atoms with Crippen molar-refractivity contribution in [3.8, 4) is 0 Å². The molecule has 1 aromatic heterocycles. The van der Waals surface area contributed by atoms with Gasteiger partial charge in [-0.15, -0.1) is 5.10 Å². The predicted molar refractivity (Wildman–Crippen MR) is 67.9 cm³/mol. The number of carbonyl (C=O) groups excluding carboxylic acids is 1. The van der Waals surface area contributed by atoms with E-state index in [1.807, 2.05) is 0 Å². The van der Waals surface area contributed by atoms with Crippen LogP contribution in [0.2, 0.25) is 0 Å². The Labute approximate surface area is 107 Å². The second kappa shape index (κ2) is 5.06. The zero-order valence-electron chi connectivity index (χ0n) is 11.0. The van der Waals surface area contributed by atoms with Crippen LogP contribution in [0, 0.1) is 5.92 Å². The van der Waals surface area contributed by atoms with Gasteiger partial charge in [0.25, 0.3) is 5.91 Å². The molecule has 0 saturated heterocycles. The molecule has 0 unspecified atom stereocenters. The molecule has 0 atom stereocenters. The van der Waals surface area contributed by atoms with Crippen molar-refractivity contribution in [1.82, 2.24) is 20.3 Å². The van der Waals surface area contributed by atoms with E-state index >= 15 is 0 Å². The molecule has 0 spiro atoms. The number of carbonyl (C=O) groups is 1. The van der Waals surface area contributed by atoms with Crippen molar-refractivity contribution in [2.45, 2.75) is 38.1 Å². The number of nitrogens with two attached hydrogens (primary N) is 1. The molecule has 1 aliphatic rings. The lowest BCUT2D eigenvalue weighted by Gasteiger charge is -2.39. The van der Waals surface area contributed by atoms with Crippen molar-refractivity contribution in [3.63, 3.8) is 0 Å². The summed E-state index contributed by atoms with van der Waals surface area (Å²) < 4.78 is 1.52. The summed E-state index contributed by atoms with van der Waals surface area (Å²) in [6.07, 6.45) is 5.72. The van der Waals surface area contributed by atoms with Crippen molar-refractivity contribution in [2.75, 3.05) is 6.54 Å². The van der Waals surface area contributed by atoms with Gasteiger partial charge in [0.05, 0.1) is 11.7 Å². The molecule has 3 N–H and O–H groups in total. The van der Waals surface area contributed by atoms with Crippen LogP contribution in [0.3, 0.4) is 0 Å². The Balaban J connectivity index is 2.04. The normalized spacial score (nSPS) is 28.1. The van der Waals surface area contributed by atoms with Gasteiger partial charge >= 0.3 is 0 Å². The van der Waals surface area contributed by atoms with E-state index in [2.05, 4.69) is 22.6 Å². The Kier molecular flexibility index (Phi) is 3.65. The first kappa shape index (κ1) is 13.0. The molecule has 0 aliphatic heterocycles. The fourth-order valence-corrected chi connectivity index (χ4v) is 2.45. The minimum absolute atomic E-state index is 0.178. The zero-order valence-corrected chi connectivity index (χ0v) is 11.0. The fraction of sp³-hybridized carbons (Fsp3) is 0.750. The van der Waals surface area contributed by atoms with Gasteiger partial charge in [0.2, 0.25) is 0 Å². The van der Waals surface area contributed by atoms with Gasteiger partial charge in [0.1, 0.15) is 0 Å². The van der Waals surface area contributed by atoms with Crippen molar-refractivity contribution >= 4 is 5.91 Å². The molecular formula is C12H21N5O. The highest BCUT2D eigenvalue weighted by molar-refractivity contribution is 5.92. The van der Waals surface area contributed by atoms with Crippen LogP contribution in [0.4, 0.5) is 0 Å². The highest BCUT2D eigenvalue weighted by atomic mass is 16.2. The number of hydrogen-bond donors (Lipinski definition) is 2. The van der Waals surface area contributed by atoms with E-state index in [1.165, 1.54) is 4.68 Å². The zero-order chi connectivity index (χ0) is 13.2. The monoisotopic (exact) mass is 251 g/mol. The van der Waals surface area contributed by atoms with Crippen LogP contribution in [-0.2, 0) is 7.05 Å². The lowest BCUT2D eigenvalue weighted by Crippen LogP contribution is -2.55. The predicted octanol–water partition coefficient (Wildman–Crippen LogP) is 0.452. The molecule has 1 aromatic rings. The molecule has 6 nitrogen and oxygen atoms in total. The summed E-state index contributed by atoms with van der Waals surface area (Å²) in [7, 11) is 1.74. The highest BCUT2D eigenvalue weighted by Crippen LogP contribution is 2.31. The minimum atomic E-state index is -0.263. The van der Waals surface area contributed by atoms with E-state index in [0.29, 0.717) is 12.2 Å². The molecule has 0 aromatic carbocycles. The molecule has 1 amide bonds. The summed E-state index contributed by atoms with van der Waals surface area (Å²) in [6, 6.07) is 0. The van der Waals surface area contributed by atoms with Gasteiger partial charge in [-0.2, -0.15) is 0 Å². The van der Waals surface area contributed by atoms with Gasteiger partial charge in [-0.05, 0) is 31.6 Å². The van der Waals surface area contributed by atoms with Crippen LogP contribution in [0.5, 0.6) is 0 Å². The second-order valence-corrected chi connectivity index (χ2v) is 5.40. The topological polar surface area (TPSA) is 85.8 Å². The van der Waals surface area contributed by atoms with Gasteiger partial charge in [-0.3, -0.25) is 9.48 Å². The lowest BCUT2D eigenvalue weighted by molar-refractivity contribution is 0.0854. The smallest absolute Gasteiger partial charge is 0.273 e. The van der Waals surface area contributed by atoms with Crippen LogP contribution in [0.15, 0.2) is 6.20 Å². The Morgan fingerprint density at radius 2 is 2.28 bits per heavy atom. The number of amides is 1. The van der Waals surface area contributed by atoms with Gasteiger partial charge in [0, 0.05) is 13.6 Å². The Bertz CT molecular complexity index is 420. The van der Waals surface area contributed by atoms with Crippen LogP contribution >= 0.6 is 0 Å². The van der Waals surface area contributed by atoms with E-state index in [4.69, 9.17) is 5.73 Å². The third kappa shape index (κ3) is 2.69. The molecule has 1 aliphatic carbocycles. The summed E-state index contributed by atoms with van der Waals surface area (Å²) in [6.45, 7) is 2.72. The average molecular weight is 251 g/mol. The molecule has 0 radical (unpaired) electrons. The highest BCUT2D eigenvalue weighted by Gasteiger charge is 2.34. The van der Waals surface area contributed by atoms with Crippen LogP contribution in [0.1, 0.15) is 43.1 Å². The second-order valence-electron chi connectivity index (χ2n) is 5.40. The number of nitrogens with zero attached hydrogens (tertiary/aromatic N) is 3. The maximum Gasteiger partial charge on any atom is 0.273 e. The summed E-state index contributed by atoms with van der Waals surface area (Å²) in [4.78, 5) is 12.1. The van der Waals surface area contributed by atoms with E-state index in [9.17, 15) is 4.79 Å². The number of aromatic nitrogens is 3. The van der Waals surface area contributed by atoms with E-state index in [0.717, 1.165) is 31.6 Å². The van der Waals surface area contributed by atoms with Gasteiger partial charge < -0.3 is 11.1 Å². The van der Waals surface area contributed by atoms with Crippen molar-refractivity contribution in [3.05, 3.63) is 11.9 Å². The molecule has 18 heavy (non-hydrogen) atoms. The van der Waals surface area contributed by atoms with Crippen molar-refractivity contribution in [2.24, 2.45) is 18.7 Å². The third-order valence-electron chi connectivity index (χ3n) is 3.84. The molecule has 100 valence electrons. The van der Waals surface area contributed by atoms with Crippen LogP contribution in [0.25, 0.3) is 0 Å². The summed E-state index contributed by atoms with van der Waals surface area (Å²) in [5.41, 5.74) is 5.95. The molecule has 2 rings (SSSR count). The summed E-state index contributed by atoms with van der Waals surface area (Å²) in [5.74, 6) is 0.543. The standard InChI is InChI=1S/C12H21N5O/c1-9-3-5-12(8-13,6-4-9)14-11(18)10-7-17(2)16-15-10/h7,9H,3-6,8,13H2,1-2H3,(H,14,18). The van der Waals surface area contributed by atoms with Crippen LogP contribution < -0.4 is 11.1 Å². The molecule has 0 bridgehead atoms. The van der Waals surface area contributed by atoms with Gasteiger partial charge in [0.15, 0.2) is 5.69 Å². The number of nitrogens with one attached hydrogen (secondary N) is 1. The summed E-state index contributed by atoms with van der Waals surface area (Å²) in [5, 5.41) is 10.6. The molecule has 1 heterocycles. The number of rotatable bonds is 3. The fourth-order valence-electron chi connectivity index (χ4n) is 2.45. The molecule has 1 fully saturated rings. The summed E-state index contributed by atoms with van der Waals surface area (Å²) >= 11 is 0. The van der Waals surface area contributed by atoms with E-state index in [1.54, 1.807) is 13.2 Å². The van der Waals surface area contributed by atoms with Crippen molar-refractivity contribution in [1.29, 1.82) is 0 Å². The Morgan fingerprint density at radius 1 is 1.61 bits per heavy atom.